The van der Waals surface area contributed by atoms with E-state index in [-0.39, 0.29) is 23.4 Å². The van der Waals surface area contributed by atoms with Gasteiger partial charge in [-0.25, -0.2) is 12.8 Å². The van der Waals surface area contributed by atoms with Crippen LogP contribution in [0.2, 0.25) is 0 Å². The Morgan fingerprint density at radius 1 is 1.44 bits per heavy atom. The molecule has 0 unspecified atom stereocenters. The molecule has 100 valence electrons. The highest BCUT2D eigenvalue weighted by Gasteiger charge is 2.30. The quantitative estimate of drug-likeness (QED) is 0.849. The smallest absolute Gasteiger partial charge is 0.151 e. The minimum Gasteiger partial charge on any atom is -0.298 e. The topological polar surface area (TPSA) is 37.4 Å². The molecule has 0 amide bonds. The summed E-state index contributed by atoms with van der Waals surface area (Å²) in [7, 11) is -0.995. The van der Waals surface area contributed by atoms with Crippen molar-refractivity contribution in [2.75, 3.05) is 18.6 Å². The molecule has 2 rings (SSSR count). The van der Waals surface area contributed by atoms with Gasteiger partial charge in [0.05, 0.1) is 11.5 Å². The van der Waals surface area contributed by atoms with E-state index in [2.05, 4.69) is 15.9 Å². The fraction of sp³-hybridized carbons (Fsp3) is 0.500. The zero-order valence-electron chi connectivity index (χ0n) is 10.1. The van der Waals surface area contributed by atoms with Crippen LogP contribution < -0.4 is 0 Å². The van der Waals surface area contributed by atoms with Crippen molar-refractivity contribution in [1.82, 2.24) is 4.90 Å². The van der Waals surface area contributed by atoms with Crippen molar-refractivity contribution in [3.05, 3.63) is 34.1 Å². The number of sulfone groups is 1. The first kappa shape index (κ1) is 14.0. The second kappa shape index (κ2) is 5.27. The molecule has 1 heterocycles. The lowest BCUT2D eigenvalue weighted by atomic mass is 10.1. The normalized spacial score (nSPS) is 22.6. The summed E-state index contributed by atoms with van der Waals surface area (Å²) in [6, 6.07) is 4.77. The predicted octanol–water partition coefficient (Wildman–Crippen LogP) is 2.21. The van der Waals surface area contributed by atoms with Gasteiger partial charge in [0, 0.05) is 17.1 Å². The number of hydrogen-bond donors (Lipinski definition) is 0. The number of rotatable bonds is 3. The Kier molecular flexibility index (Phi) is 4.08. The van der Waals surface area contributed by atoms with Crippen LogP contribution in [0.5, 0.6) is 0 Å². The van der Waals surface area contributed by atoms with Crippen LogP contribution >= 0.6 is 15.9 Å². The average Bonchev–Trinajstić information content (AvgIpc) is 2.57. The zero-order chi connectivity index (χ0) is 13.3. The van der Waals surface area contributed by atoms with Crippen LogP contribution in [0, 0.1) is 5.82 Å². The van der Waals surface area contributed by atoms with Crippen LogP contribution in [0.4, 0.5) is 4.39 Å². The Morgan fingerprint density at radius 2 is 2.17 bits per heavy atom. The Bertz CT molecular complexity index is 527. The van der Waals surface area contributed by atoms with Crippen LogP contribution in [0.25, 0.3) is 0 Å². The fourth-order valence-corrected chi connectivity index (χ4v) is 4.56. The molecule has 18 heavy (non-hydrogen) atoms. The molecular formula is C12H15BrFNO2S. The maximum absolute atomic E-state index is 13.2. The molecule has 0 spiro atoms. The Balaban J connectivity index is 2.05. The Morgan fingerprint density at radius 3 is 2.72 bits per heavy atom. The summed E-state index contributed by atoms with van der Waals surface area (Å²) in [6.07, 6.45) is 0.662. The fourth-order valence-electron chi connectivity index (χ4n) is 2.24. The molecule has 1 aromatic rings. The van der Waals surface area contributed by atoms with Gasteiger partial charge in [-0.1, -0.05) is 15.9 Å². The molecule has 1 aliphatic rings. The summed E-state index contributed by atoms with van der Waals surface area (Å²) < 4.78 is 36.8. The first-order valence-corrected chi connectivity index (χ1v) is 8.33. The van der Waals surface area contributed by atoms with E-state index < -0.39 is 9.84 Å². The average molecular weight is 336 g/mol. The summed E-state index contributed by atoms with van der Waals surface area (Å²) in [4.78, 5) is 1.98. The van der Waals surface area contributed by atoms with Crippen molar-refractivity contribution in [3.63, 3.8) is 0 Å². The van der Waals surface area contributed by atoms with E-state index in [0.29, 0.717) is 17.4 Å². The first-order chi connectivity index (χ1) is 8.35. The van der Waals surface area contributed by atoms with Crippen LogP contribution in [0.3, 0.4) is 0 Å². The van der Waals surface area contributed by atoms with E-state index in [1.807, 2.05) is 18.0 Å². The molecule has 1 fully saturated rings. The second-order valence-electron chi connectivity index (χ2n) is 4.75. The maximum atomic E-state index is 13.2. The van der Waals surface area contributed by atoms with Crippen LogP contribution in [0.15, 0.2) is 22.7 Å². The minimum atomic E-state index is -2.87. The van der Waals surface area contributed by atoms with Gasteiger partial charge in [0.25, 0.3) is 0 Å². The Hall–Kier alpha value is -0.460. The van der Waals surface area contributed by atoms with E-state index in [1.165, 1.54) is 12.1 Å². The summed E-state index contributed by atoms with van der Waals surface area (Å²) in [5, 5.41) is 0. The van der Waals surface area contributed by atoms with Gasteiger partial charge >= 0.3 is 0 Å². The van der Waals surface area contributed by atoms with Crippen molar-refractivity contribution >= 4 is 25.8 Å². The molecule has 0 saturated carbocycles. The van der Waals surface area contributed by atoms with Crippen LogP contribution in [0.1, 0.15) is 12.0 Å². The first-order valence-electron chi connectivity index (χ1n) is 5.71. The van der Waals surface area contributed by atoms with Gasteiger partial charge in [0.15, 0.2) is 9.84 Å². The molecule has 0 bridgehead atoms. The summed E-state index contributed by atoms with van der Waals surface area (Å²) in [6.45, 7) is 0.552. The third kappa shape index (κ3) is 3.52. The Labute approximate surface area is 115 Å². The molecule has 0 aliphatic carbocycles. The van der Waals surface area contributed by atoms with Crippen molar-refractivity contribution in [3.8, 4) is 0 Å². The number of hydrogen-bond acceptors (Lipinski definition) is 3. The lowest BCUT2D eigenvalue weighted by Crippen LogP contribution is -2.32. The lowest BCUT2D eigenvalue weighted by Gasteiger charge is -2.23. The molecule has 1 atom stereocenters. The van der Waals surface area contributed by atoms with Gasteiger partial charge in [0.2, 0.25) is 0 Å². The maximum Gasteiger partial charge on any atom is 0.151 e. The summed E-state index contributed by atoms with van der Waals surface area (Å²) in [5.74, 6) is 0.182. The van der Waals surface area contributed by atoms with Crippen molar-refractivity contribution in [2.24, 2.45) is 0 Å². The van der Waals surface area contributed by atoms with Gasteiger partial charge < -0.3 is 0 Å². The number of halogens is 2. The molecule has 3 nitrogen and oxygen atoms in total. The van der Waals surface area contributed by atoms with Gasteiger partial charge in [-0.05, 0) is 37.2 Å². The monoisotopic (exact) mass is 335 g/mol. The van der Waals surface area contributed by atoms with Gasteiger partial charge in [0.1, 0.15) is 5.82 Å². The number of benzene rings is 1. The molecule has 1 saturated heterocycles. The standard InChI is InChI=1S/C12H15BrFNO2S/c1-15(12-2-3-18(16,17)8-12)7-9-4-10(13)6-11(14)5-9/h4-6,12H,2-3,7-8H2,1H3/t12-/m0/s1. The second-order valence-corrected chi connectivity index (χ2v) is 7.89. The highest BCUT2D eigenvalue weighted by atomic mass is 79.9. The molecule has 6 heteroatoms. The van der Waals surface area contributed by atoms with Crippen molar-refractivity contribution in [1.29, 1.82) is 0 Å². The van der Waals surface area contributed by atoms with Crippen molar-refractivity contribution in [2.45, 2.75) is 19.0 Å². The van der Waals surface area contributed by atoms with Crippen LogP contribution in [-0.2, 0) is 16.4 Å². The van der Waals surface area contributed by atoms with E-state index in [9.17, 15) is 12.8 Å². The van der Waals surface area contributed by atoms with Crippen molar-refractivity contribution < 1.29 is 12.8 Å². The highest BCUT2D eigenvalue weighted by molar-refractivity contribution is 9.10. The number of nitrogens with zero attached hydrogens (tertiary/aromatic N) is 1. The molecular weight excluding hydrogens is 321 g/mol. The van der Waals surface area contributed by atoms with Gasteiger partial charge in [-0.2, -0.15) is 0 Å². The molecule has 0 radical (unpaired) electrons. The zero-order valence-corrected chi connectivity index (χ0v) is 12.5. The largest absolute Gasteiger partial charge is 0.298 e. The summed E-state index contributed by atoms with van der Waals surface area (Å²) in [5.41, 5.74) is 0.841. The van der Waals surface area contributed by atoms with E-state index in [1.54, 1.807) is 0 Å². The third-order valence-electron chi connectivity index (χ3n) is 3.19. The van der Waals surface area contributed by atoms with Gasteiger partial charge in [-0.3, -0.25) is 4.90 Å². The van der Waals surface area contributed by atoms with E-state index >= 15 is 0 Å². The van der Waals surface area contributed by atoms with E-state index in [0.717, 1.165) is 5.56 Å². The molecule has 0 N–H and O–H groups in total. The SMILES string of the molecule is CN(Cc1cc(F)cc(Br)c1)[C@H]1CCS(=O)(=O)C1. The predicted molar refractivity (Wildman–Crippen MR) is 72.6 cm³/mol. The van der Waals surface area contributed by atoms with E-state index in [4.69, 9.17) is 0 Å². The molecule has 1 aliphatic heterocycles. The van der Waals surface area contributed by atoms with Crippen LogP contribution in [-0.4, -0.2) is 37.9 Å². The highest BCUT2D eigenvalue weighted by Crippen LogP contribution is 2.20. The minimum absolute atomic E-state index is 0.0389. The van der Waals surface area contributed by atoms with Gasteiger partial charge in [-0.15, -0.1) is 0 Å². The lowest BCUT2D eigenvalue weighted by molar-refractivity contribution is 0.253. The third-order valence-corrected chi connectivity index (χ3v) is 5.39. The summed E-state index contributed by atoms with van der Waals surface area (Å²) >= 11 is 3.25. The molecule has 1 aromatic carbocycles. The molecule has 0 aromatic heterocycles.